The molecular formula is C29H40N4O2. The number of aryl methyl sites for hydroxylation is 1. The van der Waals surface area contributed by atoms with E-state index in [0.717, 1.165) is 39.0 Å². The third-order valence-corrected chi connectivity index (χ3v) is 7.62. The predicted molar refractivity (Wildman–Crippen MR) is 140 cm³/mol. The number of hydrogen-bond acceptors (Lipinski definition) is 3. The normalized spacial score (nSPS) is 20.7. The van der Waals surface area contributed by atoms with Crippen LogP contribution in [0.25, 0.3) is 0 Å². The minimum Gasteiger partial charge on any atom is -0.343 e. The first-order valence-electron chi connectivity index (χ1n) is 13.0. The molecule has 2 saturated heterocycles. The fraction of sp³-hybridized carbons (Fsp3) is 0.517. The van der Waals surface area contributed by atoms with Crippen molar-refractivity contribution in [1.82, 2.24) is 20.0 Å². The number of piperazine rings is 1. The Kier molecular flexibility index (Phi) is 8.11. The van der Waals surface area contributed by atoms with Gasteiger partial charge in [0, 0.05) is 51.7 Å². The number of piperidine rings is 1. The highest BCUT2D eigenvalue weighted by Gasteiger charge is 2.36. The highest BCUT2D eigenvalue weighted by atomic mass is 16.2. The van der Waals surface area contributed by atoms with E-state index in [2.05, 4.69) is 90.5 Å². The van der Waals surface area contributed by atoms with Crippen molar-refractivity contribution in [2.75, 3.05) is 32.7 Å². The molecule has 3 amide bonds. The molecule has 0 bridgehead atoms. The van der Waals surface area contributed by atoms with E-state index in [1.165, 1.54) is 16.7 Å². The zero-order valence-corrected chi connectivity index (χ0v) is 21.6. The lowest BCUT2D eigenvalue weighted by Gasteiger charge is -2.46. The molecule has 0 aliphatic carbocycles. The number of urea groups is 1. The molecule has 2 aliphatic rings. The van der Waals surface area contributed by atoms with Crippen molar-refractivity contribution in [2.24, 2.45) is 5.92 Å². The third-order valence-electron chi connectivity index (χ3n) is 7.62. The third kappa shape index (κ3) is 6.04. The molecule has 2 aromatic rings. The van der Waals surface area contributed by atoms with Gasteiger partial charge in [-0.25, -0.2) is 4.79 Å². The number of hydrogen-bond donors (Lipinski definition) is 1. The van der Waals surface area contributed by atoms with Crippen LogP contribution >= 0.6 is 0 Å². The SMILES string of the molecule is CC(=O)N1CCC(NC(=O)N2CCN(C(c3ccccc3)c3ccc(C)cc3)C[C@@H]2C(C)C)CC1. The summed E-state index contributed by atoms with van der Waals surface area (Å²) >= 11 is 0. The molecule has 2 aromatic carbocycles. The summed E-state index contributed by atoms with van der Waals surface area (Å²) in [4.78, 5) is 31.5. The number of carbonyl (C=O) groups excluding carboxylic acids is 2. The van der Waals surface area contributed by atoms with E-state index in [9.17, 15) is 9.59 Å². The van der Waals surface area contributed by atoms with Crippen LogP contribution in [-0.4, -0.2) is 71.4 Å². The molecule has 6 heteroatoms. The van der Waals surface area contributed by atoms with Crippen LogP contribution in [0.4, 0.5) is 4.79 Å². The van der Waals surface area contributed by atoms with Crippen molar-refractivity contribution in [2.45, 2.75) is 58.7 Å². The molecule has 2 heterocycles. The average Bonchev–Trinajstić information content (AvgIpc) is 2.86. The van der Waals surface area contributed by atoms with Crippen LogP contribution in [-0.2, 0) is 4.79 Å². The van der Waals surface area contributed by atoms with Crippen LogP contribution in [0.3, 0.4) is 0 Å². The minimum absolute atomic E-state index is 0.0382. The van der Waals surface area contributed by atoms with Gasteiger partial charge in [0.1, 0.15) is 0 Å². The number of nitrogens with zero attached hydrogens (tertiary/aromatic N) is 3. The highest BCUT2D eigenvalue weighted by Crippen LogP contribution is 2.32. The number of carbonyl (C=O) groups is 2. The van der Waals surface area contributed by atoms with Crippen LogP contribution < -0.4 is 5.32 Å². The molecule has 2 fully saturated rings. The summed E-state index contributed by atoms with van der Waals surface area (Å²) < 4.78 is 0. The second-order valence-electron chi connectivity index (χ2n) is 10.5. The van der Waals surface area contributed by atoms with Gasteiger partial charge >= 0.3 is 6.03 Å². The largest absolute Gasteiger partial charge is 0.343 e. The number of amides is 3. The van der Waals surface area contributed by atoms with Crippen molar-refractivity contribution in [3.05, 3.63) is 71.3 Å². The molecule has 0 spiro atoms. The van der Waals surface area contributed by atoms with Gasteiger partial charge in [0.2, 0.25) is 5.91 Å². The number of rotatable bonds is 5. The van der Waals surface area contributed by atoms with E-state index in [-0.39, 0.29) is 30.1 Å². The van der Waals surface area contributed by atoms with Gasteiger partial charge < -0.3 is 15.1 Å². The van der Waals surface area contributed by atoms with Gasteiger partial charge in [-0.2, -0.15) is 0 Å². The molecule has 188 valence electrons. The van der Waals surface area contributed by atoms with Crippen LogP contribution in [0.2, 0.25) is 0 Å². The van der Waals surface area contributed by atoms with Gasteiger partial charge in [0.15, 0.2) is 0 Å². The molecule has 2 aliphatic heterocycles. The van der Waals surface area contributed by atoms with Crippen molar-refractivity contribution in [1.29, 1.82) is 0 Å². The topological polar surface area (TPSA) is 55.9 Å². The van der Waals surface area contributed by atoms with E-state index >= 15 is 0 Å². The van der Waals surface area contributed by atoms with Gasteiger partial charge in [-0.15, -0.1) is 0 Å². The summed E-state index contributed by atoms with van der Waals surface area (Å²) in [6, 6.07) is 20.0. The molecule has 1 unspecified atom stereocenters. The summed E-state index contributed by atoms with van der Waals surface area (Å²) in [6.07, 6.45) is 1.64. The van der Waals surface area contributed by atoms with Crippen LogP contribution in [0.5, 0.6) is 0 Å². The maximum atomic E-state index is 13.4. The molecular weight excluding hydrogens is 436 g/mol. The average molecular weight is 477 g/mol. The monoisotopic (exact) mass is 476 g/mol. The van der Waals surface area contributed by atoms with E-state index in [1.54, 1.807) is 6.92 Å². The molecule has 0 aromatic heterocycles. The first-order chi connectivity index (χ1) is 16.8. The molecule has 1 N–H and O–H groups in total. The van der Waals surface area contributed by atoms with E-state index in [4.69, 9.17) is 0 Å². The zero-order chi connectivity index (χ0) is 24.9. The zero-order valence-electron chi connectivity index (χ0n) is 21.6. The smallest absolute Gasteiger partial charge is 0.317 e. The van der Waals surface area contributed by atoms with Crippen LogP contribution in [0.1, 0.15) is 56.3 Å². The molecule has 0 saturated carbocycles. The Morgan fingerprint density at radius 2 is 1.51 bits per heavy atom. The first-order valence-corrected chi connectivity index (χ1v) is 13.0. The van der Waals surface area contributed by atoms with Gasteiger partial charge in [0.05, 0.1) is 6.04 Å². The van der Waals surface area contributed by atoms with Crippen LogP contribution in [0.15, 0.2) is 54.6 Å². The van der Waals surface area contributed by atoms with E-state index in [0.29, 0.717) is 12.5 Å². The molecule has 2 atom stereocenters. The predicted octanol–water partition coefficient (Wildman–Crippen LogP) is 4.45. The second-order valence-corrected chi connectivity index (χ2v) is 10.5. The minimum atomic E-state index is 0.0382. The number of nitrogens with one attached hydrogen (secondary N) is 1. The van der Waals surface area contributed by atoms with Crippen LogP contribution in [0, 0.1) is 12.8 Å². The lowest BCUT2D eigenvalue weighted by atomic mass is 9.92. The summed E-state index contributed by atoms with van der Waals surface area (Å²) in [5.41, 5.74) is 3.84. The summed E-state index contributed by atoms with van der Waals surface area (Å²) in [7, 11) is 0. The van der Waals surface area contributed by atoms with Crippen molar-refractivity contribution in [3.63, 3.8) is 0 Å². The van der Waals surface area contributed by atoms with Crippen molar-refractivity contribution >= 4 is 11.9 Å². The Bertz CT molecular complexity index is 984. The standard InChI is InChI=1S/C29H40N4O2/c1-21(2)27-20-32(28(24-8-6-5-7-9-24)25-12-10-22(3)11-13-25)18-19-33(27)29(35)30-26-14-16-31(17-15-26)23(4)34/h5-13,21,26-28H,14-20H2,1-4H3,(H,30,35)/t27-,28?/m1/s1. The fourth-order valence-electron chi connectivity index (χ4n) is 5.48. The Hall–Kier alpha value is -2.86. The van der Waals surface area contributed by atoms with Gasteiger partial charge in [-0.1, -0.05) is 74.0 Å². The van der Waals surface area contributed by atoms with Gasteiger partial charge in [-0.3, -0.25) is 9.69 Å². The molecule has 6 nitrogen and oxygen atoms in total. The Balaban J connectivity index is 1.48. The van der Waals surface area contributed by atoms with Gasteiger partial charge in [-0.05, 0) is 36.8 Å². The van der Waals surface area contributed by atoms with E-state index < -0.39 is 0 Å². The Morgan fingerprint density at radius 1 is 0.886 bits per heavy atom. The fourth-order valence-corrected chi connectivity index (χ4v) is 5.48. The number of likely N-dealkylation sites (tertiary alicyclic amines) is 1. The summed E-state index contributed by atoms with van der Waals surface area (Å²) in [5.74, 6) is 0.463. The highest BCUT2D eigenvalue weighted by molar-refractivity contribution is 5.75. The van der Waals surface area contributed by atoms with E-state index in [1.807, 2.05) is 4.90 Å². The molecule has 35 heavy (non-hydrogen) atoms. The van der Waals surface area contributed by atoms with Crippen molar-refractivity contribution in [3.8, 4) is 0 Å². The van der Waals surface area contributed by atoms with Crippen molar-refractivity contribution < 1.29 is 9.59 Å². The Morgan fingerprint density at radius 3 is 2.11 bits per heavy atom. The quantitative estimate of drug-likeness (QED) is 0.694. The molecule has 0 radical (unpaired) electrons. The number of benzene rings is 2. The molecule has 4 rings (SSSR count). The summed E-state index contributed by atoms with van der Waals surface area (Å²) in [5, 5.41) is 3.28. The Labute approximate surface area is 210 Å². The maximum Gasteiger partial charge on any atom is 0.317 e. The van der Waals surface area contributed by atoms with Gasteiger partial charge in [0.25, 0.3) is 0 Å². The maximum absolute atomic E-state index is 13.4. The lowest BCUT2D eigenvalue weighted by molar-refractivity contribution is -0.129. The lowest BCUT2D eigenvalue weighted by Crippen LogP contribution is -2.61. The second kappa shape index (κ2) is 11.3. The first kappa shape index (κ1) is 25.2. The summed E-state index contributed by atoms with van der Waals surface area (Å²) in [6.45, 7) is 12.0.